The van der Waals surface area contributed by atoms with Crippen LogP contribution >= 0.6 is 0 Å². The van der Waals surface area contributed by atoms with Crippen LogP contribution in [0.2, 0.25) is 0 Å². The number of Topliss-reactive ketones (excluding diaryl/α,β-unsaturated/α-hetero) is 3. The van der Waals surface area contributed by atoms with E-state index in [-0.39, 0.29) is 51.4 Å². The molecule has 3 N–H and O–H groups in total. The number of ether oxygens (including phenoxy) is 3. The van der Waals surface area contributed by atoms with Crippen molar-refractivity contribution in [3.05, 3.63) is 0 Å². The second kappa shape index (κ2) is 73.2. The maximum atomic E-state index is 16.9. The largest absolute Gasteiger partial charge is 0.443 e. The molecule has 108 heavy (non-hydrogen) atoms. The van der Waals surface area contributed by atoms with E-state index in [4.69, 9.17) is 14.2 Å². The van der Waals surface area contributed by atoms with Gasteiger partial charge in [-0.25, -0.2) is 0 Å². The number of carbonyl (C=O) groups is 6. The lowest BCUT2D eigenvalue weighted by Crippen LogP contribution is -2.91. The monoisotopic (exact) mass is 1530 g/mol. The van der Waals surface area contributed by atoms with Gasteiger partial charge in [-0.2, -0.15) is 0 Å². The van der Waals surface area contributed by atoms with E-state index >= 15 is 28.8 Å². The molecule has 12 nitrogen and oxygen atoms in total. The summed E-state index contributed by atoms with van der Waals surface area (Å²) in [5.41, 5.74) is -10.1. The summed E-state index contributed by atoms with van der Waals surface area (Å²) in [7, 11) is 0. The molecule has 0 heterocycles. The highest BCUT2D eigenvalue weighted by molar-refractivity contribution is 6.10. The fraction of sp³-hybridized carbons (Fsp3) is 0.938. The van der Waals surface area contributed by atoms with Crippen molar-refractivity contribution in [3.8, 4) is 0 Å². The molecule has 0 aromatic heterocycles. The number of esters is 3. The van der Waals surface area contributed by atoms with Crippen LogP contribution in [0.3, 0.4) is 0 Å². The summed E-state index contributed by atoms with van der Waals surface area (Å²) in [6.45, 7) is 13.4. The highest BCUT2D eigenvalue weighted by Crippen LogP contribution is 2.55. The number of hydrogen-bond acceptors (Lipinski definition) is 12. The number of aliphatic hydroxyl groups excluding tert-OH is 3. The third kappa shape index (κ3) is 46.6. The van der Waals surface area contributed by atoms with E-state index in [9.17, 15) is 15.3 Å². The number of unbranched alkanes of at least 4 members (excludes halogenated alkanes) is 66. The SMILES string of the molecule is CCCCCCCCCCCCCCC(=O)O[C@@]1(C(=O)CCCCCCCCCCCCCC)[C@@](OC(=O)CCCCCCCCCCCCCC)(C(=O)CCCCCCCCCCCCCC)[C@@H](O)[C@H](O)[C@@H](O)[C@@]1(OC(=O)CCCCCCCCCCCCCC)C(=O)CCCCCCCCCCCCCC. The molecule has 0 amide bonds. The molecule has 0 saturated heterocycles. The van der Waals surface area contributed by atoms with Gasteiger partial charge in [0.15, 0.2) is 17.3 Å². The normalized spacial score (nSPS) is 18.6. The maximum Gasteiger partial charge on any atom is 0.307 e. The fourth-order valence-electron chi connectivity index (χ4n) is 17.0. The summed E-state index contributed by atoms with van der Waals surface area (Å²) in [4.78, 5) is 96.4. The zero-order chi connectivity index (χ0) is 79.0. The van der Waals surface area contributed by atoms with E-state index in [0.717, 1.165) is 161 Å². The Morgan fingerprint density at radius 2 is 0.333 bits per heavy atom. The molecule has 6 atom stereocenters. The summed E-state index contributed by atoms with van der Waals surface area (Å²) in [5, 5.41) is 39.6. The van der Waals surface area contributed by atoms with Crippen LogP contribution in [0.4, 0.5) is 0 Å². The number of ketones is 3. The predicted molar refractivity (Wildman–Crippen MR) is 454 cm³/mol. The Morgan fingerprint density at radius 1 is 0.194 bits per heavy atom. The van der Waals surface area contributed by atoms with Gasteiger partial charge in [0.25, 0.3) is 5.60 Å². The molecule has 0 radical (unpaired) electrons. The van der Waals surface area contributed by atoms with E-state index in [1.165, 1.54) is 225 Å². The first kappa shape index (κ1) is 103. The quantitative estimate of drug-likeness (QED) is 0.0297. The van der Waals surface area contributed by atoms with Crippen LogP contribution in [-0.4, -0.2) is 85.7 Å². The molecule has 12 heteroatoms. The summed E-state index contributed by atoms with van der Waals surface area (Å²) in [6, 6.07) is 0. The van der Waals surface area contributed by atoms with Crippen LogP contribution in [-0.2, 0) is 43.0 Å². The van der Waals surface area contributed by atoms with E-state index in [0.29, 0.717) is 57.8 Å². The summed E-state index contributed by atoms with van der Waals surface area (Å²) < 4.78 is 20.4. The van der Waals surface area contributed by atoms with Crippen molar-refractivity contribution >= 4 is 35.3 Å². The Labute approximate surface area is 667 Å². The first-order valence-electron chi connectivity index (χ1n) is 48.1. The second-order valence-corrected chi connectivity index (χ2v) is 34.1. The molecule has 0 bridgehead atoms. The number of rotatable bonds is 84. The Kier molecular flexibility index (Phi) is 70.0. The minimum Gasteiger partial charge on any atom is -0.443 e. The Morgan fingerprint density at radius 3 is 0.509 bits per heavy atom. The van der Waals surface area contributed by atoms with Crippen molar-refractivity contribution in [2.45, 2.75) is 577 Å². The van der Waals surface area contributed by atoms with Crippen molar-refractivity contribution < 1.29 is 58.3 Å². The molecule has 0 aliphatic heterocycles. The molecular formula is C96H180O12. The first-order valence-corrected chi connectivity index (χ1v) is 48.1. The van der Waals surface area contributed by atoms with Crippen molar-refractivity contribution in [1.82, 2.24) is 0 Å². The predicted octanol–water partition coefficient (Wildman–Crippen LogP) is 28.2. The molecule has 0 aromatic carbocycles. The number of carbonyl (C=O) groups excluding carboxylic acids is 6. The molecule has 636 valence electrons. The van der Waals surface area contributed by atoms with Crippen molar-refractivity contribution in [1.29, 1.82) is 0 Å². The molecule has 1 saturated carbocycles. The van der Waals surface area contributed by atoms with Gasteiger partial charge in [0, 0.05) is 38.5 Å². The second-order valence-electron chi connectivity index (χ2n) is 34.1. The molecule has 1 fully saturated rings. The van der Waals surface area contributed by atoms with Gasteiger partial charge in [0.05, 0.1) is 0 Å². The average molecular weight is 1530 g/mol. The zero-order valence-corrected chi connectivity index (χ0v) is 72.4. The molecular weight excluding hydrogens is 1350 g/mol. The van der Waals surface area contributed by atoms with Gasteiger partial charge in [-0.05, 0) is 38.5 Å². The first-order chi connectivity index (χ1) is 52.8. The van der Waals surface area contributed by atoms with Crippen molar-refractivity contribution in [2.75, 3.05) is 0 Å². The van der Waals surface area contributed by atoms with Crippen LogP contribution < -0.4 is 0 Å². The van der Waals surface area contributed by atoms with Gasteiger partial charge in [0.2, 0.25) is 11.2 Å². The van der Waals surface area contributed by atoms with Crippen LogP contribution in [0.25, 0.3) is 0 Å². The van der Waals surface area contributed by atoms with E-state index in [2.05, 4.69) is 41.5 Å². The molecule has 1 aliphatic carbocycles. The summed E-state index contributed by atoms with van der Waals surface area (Å²) >= 11 is 0. The van der Waals surface area contributed by atoms with Crippen LogP contribution in [0.15, 0.2) is 0 Å². The molecule has 0 aromatic rings. The van der Waals surface area contributed by atoms with Gasteiger partial charge in [-0.1, -0.05) is 465 Å². The number of aliphatic hydroxyl groups is 3. The van der Waals surface area contributed by atoms with Gasteiger partial charge in [-0.3, -0.25) is 28.8 Å². The minimum absolute atomic E-state index is 0.203. The van der Waals surface area contributed by atoms with E-state index < -0.39 is 76.8 Å². The van der Waals surface area contributed by atoms with Crippen LogP contribution in [0.1, 0.15) is 542 Å². The topological polar surface area (TPSA) is 191 Å². The number of hydrogen-bond donors (Lipinski definition) is 3. The summed E-state index contributed by atoms with van der Waals surface area (Å²) in [5.74, 6) is -5.99. The van der Waals surface area contributed by atoms with Gasteiger partial charge >= 0.3 is 17.9 Å². The Balaban J connectivity index is 4.30. The Bertz CT molecular complexity index is 1990. The standard InChI is InChI=1S/C96H180O12/c1-7-13-19-25-31-37-43-49-55-61-67-73-79-85(97)94(106-88(100)82-76-70-64-58-52-46-40-34-28-22-16-10-4)92(104)91(103)93(105)95(86(98)80-74-68-62-56-50-44-38-32-26-20-14-8-2,107-89(101)83-77-71-65-59-53-47-41-35-29-23-17-11-5)96(94,87(99)81-75-69-63-57-51-45-39-33-27-21-15-9-3)108-90(102)84-78-72-66-60-54-48-42-36-30-24-18-12-6/h91-93,103-105H,7-84H2,1-6H3/t91-,92-,93+,94+,95-,96-. The van der Waals surface area contributed by atoms with Gasteiger partial charge in [-0.15, -0.1) is 0 Å². The average Bonchev–Trinajstić information content (AvgIpc) is 0.666. The van der Waals surface area contributed by atoms with E-state index in [1.807, 2.05) is 0 Å². The lowest BCUT2D eigenvalue weighted by Gasteiger charge is -2.61. The van der Waals surface area contributed by atoms with Gasteiger partial charge < -0.3 is 29.5 Å². The van der Waals surface area contributed by atoms with Crippen LogP contribution in [0.5, 0.6) is 0 Å². The fourth-order valence-corrected chi connectivity index (χ4v) is 17.0. The Hall–Kier alpha value is -2.70. The lowest BCUT2D eigenvalue weighted by atomic mass is 9.53. The third-order valence-corrected chi connectivity index (χ3v) is 24.0. The molecule has 1 aliphatic rings. The van der Waals surface area contributed by atoms with Crippen molar-refractivity contribution in [3.63, 3.8) is 0 Å². The van der Waals surface area contributed by atoms with Gasteiger partial charge in [0.1, 0.15) is 18.3 Å². The van der Waals surface area contributed by atoms with Crippen molar-refractivity contribution in [2.24, 2.45) is 0 Å². The summed E-state index contributed by atoms with van der Waals surface area (Å²) in [6.07, 6.45) is 63.6. The third-order valence-electron chi connectivity index (χ3n) is 24.0. The smallest absolute Gasteiger partial charge is 0.307 e. The van der Waals surface area contributed by atoms with E-state index in [1.54, 1.807) is 0 Å². The minimum atomic E-state index is -3.44. The highest BCUT2D eigenvalue weighted by atomic mass is 16.7. The molecule has 0 spiro atoms. The molecule has 0 unspecified atom stereocenters. The lowest BCUT2D eigenvalue weighted by molar-refractivity contribution is -0.324. The molecule has 1 rings (SSSR count). The maximum absolute atomic E-state index is 16.9. The highest BCUT2D eigenvalue weighted by Gasteiger charge is 2.87. The zero-order valence-electron chi connectivity index (χ0n) is 72.4. The van der Waals surface area contributed by atoms with Crippen LogP contribution in [0, 0.1) is 0 Å².